The fraction of sp³-hybridized carbons (Fsp3) is 0.929. The Kier molecular flexibility index (Phi) is 4.26. The number of hydrogen-bond donors (Lipinski definition) is 1. The summed E-state index contributed by atoms with van der Waals surface area (Å²) in [5.41, 5.74) is -0.752. The topological polar surface area (TPSA) is 46.5 Å². The second-order valence-corrected chi connectivity index (χ2v) is 7.79. The molecule has 0 saturated heterocycles. The monoisotopic (exact) mass is 366 g/mol. The molecule has 0 aromatic rings. The van der Waals surface area contributed by atoms with E-state index in [1.54, 1.807) is 0 Å². The summed E-state index contributed by atoms with van der Waals surface area (Å²) in [4.78, 5) is 12.0. The van der Waals surface area contributed by atoms with Crippen LogP contribution in [0.2, 0.25) is 0 Å². The van der Waals surface area contributed by atoms with E-state index in [1.807, 2.05) is 20.8 Å². The van der Waals surface area contributed by atoms with Gasteiger partial charge in [-0.2, -0.15) is 0 Å². The highest BCUT2D eigenvalue weighted by atomic mass is 127. The van der Waals surface area contributed by atoms with Crippen LogP contribution in [0, 0.1) is 17.8 Å². The smallest absolute Gasteiger partial charge is 0.319 e. The van der Waals surface area contributed by atoms with E-state index < -0.39 is 5.60 Å². The summed E-state index contributed by atoms with van der Waals surface area (Å²) < 4.78 is 5.67. The average Bonchev–Trinajstić information content (AvgIpc) is 2.86. The van der Waals surface area contributed by atoms with E-state index in [2.05, 4.69) is 22.6 Å². The van der Waals surface area contributed by atoms with Gasteiger partial charge in [-0.05, 0) is 51.4 Å². The molecular weight excluding hydrogens is 343 g/mol. The van der Waals surface area contributed by atoms with Crippen molar-refractivity contribution in [2.45, 2.75) is 62.1 Å². The van der Waals surface area contributed by atoms with E-state index in [1.165, 1.54) is 6.42 Å². The van der Waals surface area contributed by atoms with Crippen LogP contribution in [0.3, 0.4) is 0 Å². The molecule has 0 aliphatic heterocycles. The number of halogens is 1. The first-order valence-electron chi connectivity index (χ1n) is 6.91. The number of alkyl halides is 1. The zero-order valence-electron chi connectivity index (χ0n) is 11.4. The zero-order valence-corrected chi connectivity index (χ0v) is 13.5. The van der Waals surface area contributed by atoms with Gasteiger partial charge in [0, 0.05) is 5.92 Å². The SMILES string of the molecule is CCC(I)C(=O)OC1C2CCC(C2)C1C(C)(C)O. The van der Waals surface area contributed by atoms with Crippen molar-refractivity contribution >= 4 is 28.6 Å². The molecule has 18 heavy (non-hydrogen) atoms. The second-order valence-electron chi connectivity index (χ2n) is 6.29. The molecule has 5 atom stereocenters. The maximum atomic E-state index is 12.0. The van der Waals surface area contributed by atoms with Crippen LogP contribution >= 0.6 is 22.6 Å². The quantitative estimate of drug-likeness (QED) is 0.473. The fourth-order valence-corrected chi connectivity index (χ4v) is 3.91. The molecule has 2 saturated carbocycles. The summed E-state index contributed by atoms with van der Waals surface area (Å²) in [6, 6.07) is 0. The van der Waals surface area contributed by atoms with Crippen molar-refractivity contribution in [3.63, 3.8) is 0 Å². The Balaban J connectivity index is 2.08. The normalized spacial score (nSPS) is 36.7. The van der Waals surface area contributed by atoms with Crippen molar-refractivity contribution in [3.05, 3.63) is 0 Å². The van der Waals surface area contributed by atoms with Crippen molar-refractivity contribution < 1.29 is 14.6 Å². The number of hydrogen-bond acceptors (Lipinski definition) is 3. The van der Waals surface area contributed by atoms with Crippen LogP contribution in [-0.4, -0.2) is 26.7 Å². The Morgan fingerprint density at radius 3 is 2.61 bits per heavy atom. The highest BCUT2D eigenvalue weighted by Gasteiger charge is 2.54. The van der Waals surface area contributed by atoms with E-state index in [9.17, 15) is 9.90 Å². The molecular formula is C14H23IO3. The molecule has 5 unspecified atom stereocenters. The highest BCUT2D eigenvalue weighted by Crippen LogP contribution is 2.53. The van der Waals surface area contributed by atoms with Gasteiger partial charge in [0.05, 0.1) is 5.60 Å². The van der Waals surface area contributed by atoms with Crippen LogP contribution in [0.15, 0.2) is 0 Å². The van der Waals surface area contributed by atoms with E-state index >= 15 is 0 Å². The largest absolute Gasteiger partial charge is 0.461 e. The summed E-state index contributed by atoms with van der Waals surface area (Å²) in [7, 11) is 0. The minimum atomic E-state index is -0.752. The molecule has 0 spiro atoms. The molecule has 2 bridgehead atoms. The van der Waals surface area contributed by atoms with Crippen LogP contribution in [0.1, 0.15) is 46.5 Å². The number of carbonyl (C=O) groups is 1. The maximum absolute atomic E-state index is 12.0. The van der Waals surface area contributed by atoms with Gasteiger partial charge in [-0.15, -0.1) is 0 Å². The van der Waals surface area contributed by atoms with E-state index in [-0.39, 0.29) is 21.9 Å². The number of aliphatic hydroxyl groups is 1. The molecule has 2 fully saturated rings. The van der Waals surface area contributed by atoms with Crippen molar-refractivity contribution in [3.8, 4) is 0 Å². The first-order chi connectivity index (χ1) is 8.34. The number of carbonyl (C=O) groups excluding carboxylic acids is 1. The minimum Gasteiger partial charge on any atom is -0.461 e. The van der Waals surface area contributed by atoms with Crippen LogP contribution in [0.5, 0.6) is 0 Å². The lowest BCUT2D eigenvalue weighted by Gasteiger charge is -2.38. The van der Waals surface area contributed by atoms with E-state index in [0.717, 1.165) is 19.3 Å². The average molecular weight is 366 g/mol. The molecule has 4 heteroatoms. The Hall–Kier alpha value is 0.160. The van der Waals surface area contributed by atoms with Gasteiger partial charge in [0.1, 0.15) is 10.0 Å². The first-order valence-corrected chi connectivity index (χ1v) is 8.16. The lowest BCUT2D eigenvalue weighted by Crippen LogP contribution is -2.45. The summed E-state index contributed by atoms with van der Waals surface area (Å²) in [6.45, 7) is 5.69. The molecule has 2 aliphatic carbocycles. The van der Waals surface area contributed by atoms with E-state index in [0.29, 0.717) is 11.8 Å². The third-order valence-electron chi connectivity index (χ3n) is 4.52. The van der Waals surface area contributed by atoms with Gasteiger partial charge in [0.2, 0.25) is 0 Å². The fourth-order valence-electron chi connectivity index (χ4n) is 3.76. The van der Waals surface area contributed by atoms with Gasteiger partial charge in [0.25, 0.3) is 0 Å². The zero-order chi connectivity index (χ0) is 13.5. The van der Waals surface area contributed by atoms with Crippen LogP contribution < -0.4 is 0 Å². The summed E-state index contributed by atoms with van der Waals surface area (Å²) in [5.74, 6) is 1.00. The van der Waals surface area contributed by atoms with Gasteiger partial charge in [-0.1, -0.05) is 29.5 Å². The van der Waals surface area contributed by atoms with Gasteiger partial charge < -0.3 is 9.84 Å². The first kappa shape index (κ1) is 14.6. The predicted octanol–water partition coefficient (Wildman–Crippen LogP) is 2.93. The molecule has 0 heterocycles. The Labute approximate surface area is 123 Å². The molecule has 104 valence electrons. The number of ether oxygens (including phenoxy) is 1. The Morgan fingerprint density at radius 2 is 2.06 bits per heavy atom. The number of esters is 1. The van der Waals surface area contributed by atoms with Gasteiger partial charge in [-0.25, -0.2) is 0 Å². The van der Waals surface area contributed by atoms with Gasteiger partial charge >= 0.3 is 5.97 Å². The second kappa shape index (κ2) is 5.27. The van der Waals surface area contributed by atoms with Crippen LogP contribution in [0.4, 0.5) is 0 Å². The van der Waals surface area contributed by atoms with Crippen molar-refractivity contribution in [1.29, 1.82) is 0 Å². The summed E-state index contributed by atoms with van der Waals surface area (Å²) in [5, 5.41) is 10.3. The van der Waals surface area contributed by atoms with Gasteiger partial charge in [-0.3, -0.25) is 4.79 Å². The molecule has 0 aromatic heterocycles. The van der Waals surface area contributed by atoms with Gasteiger partial charge in [0.15, 0.2) is 0 Å². The van der Waals surface area contributed by atoms with E-state index in [4.69, 9.17) is 4.74 Å². The lowest BCUT2D eigenvalue weighted by molar-refractivity contribution is -0.160. The molecule has 0 radical (unpaired) electrons. The number of fused-ring (bicyclic) bond motifs is 2. The van der Waals surface area contributed by atoms with Crippen molar-refractivity contribution in [2.75, 3.05) is 0 Å². The molecule has 0 aromatic carbocycles. The summed E-state index contributed by atoms with van der Waals surface area (Å²) >= 11 is 2.14. The molecule has 2 aliphatic rings. The third-order valence-corrected chi connectivity index (χ3v) is 5.91. The molecule has 2 rings (SSSR count). The third kappa shape index (κ3) is 2.69. The van der Waals surface area contributed by atoms with Crippen LogP contribution in [0.25, 0.3) is 0 Å². The van der Waals surface area contributed by atoms with Crippen molar-refractivity contribution in [1.82, 2.24) is 0 Å². The molecule has 3 nitrogen and oxygen atoms in total. The van der Waals surface area contributed by atoms with Crippen LogP contribution in [-0.2, 0) is 9.53 Å². The van der Waals surface area contributed by atoms with Crippen molar-refractivity contribution in [2.24, 2.45) is 17.8 Å². The molecule has 1 N–H and O–H groups in total. The predicted molar refractivity (Wildman–Crippen MR) is 78.6 cm³/mol. The highest BCUT2D eigenvalue weighted by molar-refractivity contribution is 14.1. The Bertz CT molecular complexity index is 323. The summed E-state index contributed by atoms with van der Waals surface area (Å²) in [6.07, 6.45) is 4.17. The Morgan fingerprint density at radius 1 is 1.44 bits per heavy atom. The minimum absolute atomic E-state index is 0.0656. The number of rotatable bonds is 4. The maximum Gasteiger partial charge on any atom is 0.319 e. The molecule has 0 amide bonds. The lowest BCUT2D eigenvalue weighted by atomic mass is 9.76. The standard InChI is InChI=1S/C14H23IO3/c1-4-10(15)13(16)18-12-9-6-5-8(7-9)11(12)14(2,3)17/h8-12,17H,4-7H2,1-3H3.